The zero-order valence-electron chi connectivity index (χ0n) is 9.40. The van der Waals surface area contributed by atoms with E-state index in [2.05, 4.69) is 20.7 Å². The number of aromatic nitrogens is 2. The van der Waals surface area contributed by atoms with Crippen LogP contribution in [0.1, 0.15) is 26.3 Å². The van der Waals surface area contributed by atoms with Crippen molar-refractivity contribution in [1.82, 2.24) is 10.2 Å². The van der Waals surface area contributed by atoms with E-state index in [0.29, 0.717) is 11.4 Å². The van der Waals surface area contributed by atoms with Gasteiger partial charge in [-0.25, -0.2) is 0 Å². The largest absolute Gasteiger partial charge is 0.409 e. The van der Waals surface area contributed by atoms with Crippen molar-refractivity contribution in [1.29, 1.82) is 0 Å². The highest BCUT2D eigenvalue weighted by Gasteiger charge is 2.23. The average molecular weight is 225 g/mol. The molecule has 0 atom stereocenters. The van der Waals surface area contributed by atoms with Gasteiger partial charge in [0.2, 0.25) is 5.91 Å². The van der Waals surface area contributed by atoms with E-state index in [-0.39, 0.29) is 11.7 Å². The van der Waals surface area contributed by atoms with Gasteiger partial charge in [-0.1, -0.05) is 25.9 Å². The molecular formula is C9H15N5O2. The van der Waals surface area contributed by atoms with Crippen LogP contribution in [0.4, 0.5) is 5.82 Å². The number of carbonyl (C=O) groups is 1. The van der Waals surface area contributed by atoms with E-state index in [0.717, 1.165) is 0 Å². The van der Waals surface area contributed by atoms with Gasteiger partial charge in [-0.15, -0.1) is 0 Å². The summed E-state index contributed by atoms with van der Waals surface area (Å²) in [6, 6.07) is 0. The first-order valence-electron chi connectivity index (χ1n) is 4.69. The molecule has 0 saturated heterocycles. The molecule has 88 valence electrons. The van der Waals surface area contributed by atoms with Gasteiger partial charge < -0.3 is 16.3 Å². The van der Waals surface area contributed by atoms with E-state index >= 15 is 0 Å². The van der Waals surface area contributed by atoms with E-state index in [1.165, 1.54) is 6.20 Å². The van der Waals surface area contributed by atoms with Crippen molar-refractivity contribution in [2.75, 3.05) is 5.32 Å². The summed E-state index contributed by atoms with van der Waals surface area (Å²) in [7, 11) is 0. The maximum Gasteiger partial charge on any atom is 0.230 e. The van der Waals surface area contributed by atoms with Gasteiger partial charge in [-0.3, -0.25) is 9.89 Å². The Morgan fingerprint density at radius 1 is 1.62 bits per heavy atom. The molecule has 0 unspecified atom stereocenters. The molecule has 1 amide bonds. The van der Waals surface area contributed by atoms with Gasteiger partial charge in [0.25, 0.3) is 0 Å². The van der Waals surface area contributed by atoms with Crippen molar-refractivity contribution in [3.63, 3.8) is 0 Å². The molecule has 0 aromatic carbocycles. The molecule has 1 heterocycles. The number of rotatable bonds is 2. The number of amides is 1. The van der Waals surface area contributed by atoms with Crippen LogP contribution in [0.5, 0.6) is 0 Å². The Hall–Kier alpha value is -2.05. The predicted octanol–water partition coefficient (Wildman–Crippen LogP) is 0.489. The van der Waals surface area contributed by atoms with Crippen molar-refractivity contribution in [3.8, 4) is 0 Å². The standard InChI is InChI=1S/C9H15N5O2/c1-9(2,3)8(15)12-7-5(4-11-13-7)6(10)14-16/h4,16H,1-3H3,(H2,10,14)(H2,11,12,13,15). The Labute approximate surface area is 92.7 Å². The van der Waals surface area contributed by atoms with Gasteiger partial charge in [0.05, 0.1) is 11.8 Å². The Morgan fingerprint density at radius 2 is 2.25 bits per heavy atom. The van der Waals surface area contributed by atoms with Gasteiger partial charge in [-0.2, -0.15) is 5.10 Å². The number of H-pyrrole nitrogens is 1. The monoisotopic (exact) mass is 225 g/mol. The number of nitrogens with one attached hydrogen (secondary N) is 2. The van der Waals surface area contributed by atoms with Crippen molar-refractivity contribution in [3.05, 3.63) is 11.8 Å². The molecule has 1 rings (SSSR count). The smallest absolute Gasteiger partial charge is 0.230 e. The van der Waals surface area contributed by atoms with Crippen LogP contribution in [0, 0.1) is 5.41 Å². The molecule has 0 aliphatic carbocycles. The summed E-state index contributed by atoms with van der Waals surface area (Å²) < 4.78 is 0. The molecule has 5 N–H and O–H groups in total. The fraction of sp³-hybridized carbons (Fsp3) is 0.444. The van der Waals surface area contributed by atoms with Crippen molar-refractivity contribution in [2.45, 2.75) is 20.8 Å². The summed E-state index contributed by atoms with van der Waals surface area (Å²) in [5.41, 5.74) is 5.23. The summed E-state index contributed by atoms with van der Waals surface area (Å²) in [6.45, 7) is 5.34. The lowest BCUT2D eigenvalue weighted by Gasteiger charge is -2.17. The van der Waals surface area contributed by atoms with E-state index in [4.69, 9.17) is 10.9 Å². The first-order valence-corrected chi connectivity index (χ1v) is 4.69. The minimum absolute atomic E-state index is 0.113. The number of amidine groups is 1. The molecule has 7 heteroatoms. The molecule has 0 radical (unpaired) electrons. The van der Waals surface area contributed by atoms with Crippen LogP contribution < -0.4 is 11.1 Å². The quantitative estimate of drug-likeness (QED) is 0.253. The van der Waals surface area contributed by atoms with E-state index in [9.17, 15) is 4.79 Å². The van der Waals surface area contributed by atoms with Crippen LogP contribution in [-0.2, 0) is 4.79 Å². The van der Waals surface area contributed by atoms with Crippen LogP contribution in [0.15, 0.2) is 11.4 Å². The van der Waals surface area contributed by atoms with Crippen molar-refractivity contribution < 1.29 is 10.0 Å². The van der Waals surface area contributed by atoms with Gasteiger partial charge in [-0.05, 0) is 0 Å². The van der Waals surface area contributed by atoms with Gasteiger partial charge >= 0.3 is 0 Å². The number of nitrogens with zero attached hydrogens (tertiary/aromatic N) is 2. The molecule has 1 aromatic rings. The zero-order valence-corrected chi connectivity index (χ0v) is 9.40. The lowest BCUT2D eigenvalue weighted by Crippen LogP contribution is -2.29. The summed E-state index contributed by atoms with van der Waals surface area (Å²) >= 11 is 0. The number of anilines is 1. The van der Waals surface area contributed by atoms with Gasteiger partial charge in [0.15, 0.2) is 5.84 Å². The highest BCUT2D eigenvalue weighted by atomic mass is 16.4. The summed E-state index contributed by atoms with van der Waals surface area (Å²) in [6.07, 6.45) is 1.37. The van der Waals surface area contributed by atoms with E-state index in [1.54, 1.807) is 20.8 Å². The average Bonchev–Trinajstić information content (AvgIpc) is 2.63. The topological polar surface area (TPSA) is 116 Å². The van der Waals surface area contributed by atoms with Crippen molar-refractivity contribution >= 4 is 17.6 Å². The number of carbonyl (C=O) groups excluding carboxylic acids is 1. The van der Waals surface area contributed by atoms with Gasteiger partial charge in [0.1, 0.15) is 5.82 Å². The Morgan fingerprint density at radius 3 is 2.75 bits per heavy atom. The Balaban J connectivity index is 2.91. The lowest BCUT2D eigenvalue weighted by atomic mass is 9.96. The SMILES string of the molecule is CC(C)(C)C(=O)Nc1[nH]ncc1C(N)=NO. The molecule has 0 aliphatic rings. The molecule has 1 aromatic heterocycles. The van der Waals surface area contributed by atoms with Crippen LogP contribution >= 0.6 is 0 Å². The molecule has 0 aliphatic heterocycles. The van der Waals surface area contributed by atoms with Crippen LogP contribution in [0.25, 0.3) is 0 Å². The van der Waals surface area contributed by atoms with E-state index in [1.807, 2.05) is 0 Å². The molecule has 0 bridgehead atoms. The maximum absolute atomic E-state index is 11.7. The second kappa shape index (κ2) is 4.21. The fourth-order valence-corrected chi connectivity index (χ4v) is 0.931. The normalized spacial score (nSPS) is 12.6. The third-order valence-electron chi connectivity index (χ3n) is 1.94. The molecule has 0 spiro atoms. The summed E-state index contributed by atoms with van der Waals surface area (Å²) in [5, 5.41) is 20.3. The molecule has 0 saturated carbocycles. The Kier molecular flexibility index (Phi) is 3.17. The Bertz CT molecular complexity index is 416. The number of oxime groups is 1. The lowest BCUT2D eigenvalue weighted by molar-refractivity contribution is -0.123. The molecule has 0 fully saturated rings. The van der Waals surface area contributed by atoms with Gasteiger partial charge in [0, 0.05) is 5.41 Å². The molecule has 16 heavy (non-hydrogen) atoms. The number of hydrogen-bond donors (Lipinski definition) is 4. The summed E-state index contributed by atoms with van der Waals surface area (Å²) in [4.78, 5) is 11.7. The van der Waals surface area contributed by atoms with Crippen LogP contribution in [0.3, 0.4) is 0 Å². The number of hydrogen-bond acceptors (Lipinski definition) is 4. The van der Waals surface area contributed by atoms with Crippen LogP contribution in [0.2, 0.25) is 0 Å². The molecular weight excluding hydrogens is 210 g/mol. The predicted molar refractivity (Wildman–Crippen MR) is 59.2 cm³/mol. The van der Waals surface area contributed by atoms with E-state index < -0.39 is 5.41 Å². The maximum atomic E-state index is 11.7. The van der Waals surface area contributed by atoms with Crippen LogP contribution in [-0.4, -0.2) is 27.1 Å². The van der Waals surface area contributed by atoms with Crippen molar-refractivity contribution in [2.24, 2.45) is 16.3 Å². The second-order valence-corrected chi connectivity index (χ2v) is 4.35. The fourth-order valence-electron chi connectivity index (χ4n) is 0.931. The molecule has 7 nitrogen and oxygen atoms in total. The third kappa shape index (κ3) is 2.50. The minimum Gasteiger partial charge on any atom is -0.409 e. The highest BCUT2D eigenvalue weighted by molar-refractivity contribution is 6.05. The zero-order chi connectivity index (χ0) is 12.3. The first-order chi connectivity index (χ1) is 7.36. The summed E-state index contributed by atoms with van der Waals surface area (Å²) in [5.74, 6) is 0.0110. The minimum atomic E-state index is -0.534. The first kappa shape index (κ1) is 12.0. The second-order valence-electron chi connectivity index (χ2n) is 4.35. The number of aromatic amines is 1. The highest BCUT2D eigenvalue weighted by Crippen LogP contribution is 2.18. The number of nitrogens with two attached hydrogens (primary N) is 1. The third-order valence-corrected chi connectivity index (χ3v) is 1.94.